The van der Waals surface area contributed by atoms with Gasteiger partial charge in [-0.2, -0.15) is 0 Å². The number of amides is 2. The normalized spacial score (nSPS) is 21.8. The van der Waals surface area contributed by atoms with Gasteiger partial charge in [0.2, 0.25) is 0 Å². The fourth-order valence-corrected chi connectivity index (χ4v) is 3.09. The van der Waals surface area contributed by atoms with E-state index in [9.17, 15) is 9.59 Å². The molecule has 1 aliphatic rings. The first-order valence-electron chi connectivity index (χ1n) is 10.7. The predicted molar refractivity (Wildman–Crippen MR) is 107 cm³/mol. The largest absolute Gasteiger partial charge is 0.378 e. The fourth-order valence-electron chi connectivity index (χ4n) is 3.09. The lowest BCUT2D eigenvalue weighted by Crippen LogP contribution is -2.71. The van der Waals surface area contributed by atoms with Gasteiger partial charge in [0, 0.05) is 38.0 Å². The van der Waals surface area contributed by atoms with E-state index in [2.05, 4.69) is 39.2 Å². The van der Waals surface area contributed by atoms with E-state index >= 15 is 0 Å². The Bertz CT molecular complexity index is 423. The molecule has 0 unspecified atom stereocenters. The monoisotopic (exact) mass is 402 g/mol. The molecule has 0 saturated carbocycles. The van der Waals surface area contributed by atoms with Crippen molar-refractivity contribution < 1.29 is 30.5 Å². The number of hydrogen-bond donors (Lipinski definition) is 2. The van der Waals surface area contributed by atoms with E-state index in [1.54, 1.807) is 9.80 Å². The summed E-state index contributed by atoms with van der Waals surface area (Å²) in [5.74, 6) is 0.612. The summed E-state index contributed by atoms with van der Waals surface area (Å²) in [6.07, 6.45) is 1.85. The van der Waals surface area contributed by atoms with Crippen LogP contribution in [0.3, 0.4) is 0 Å². The Labute approximate surface area is 169 Å². The lowest BCUT2D eigenvalue weighted by molar-refractivity contribution is -0.417. The Kier molecular flexibility index (Phi) is 11.6. The lowest BCUT2D eigenvalue weighted by Gasteiger charge is -2.29. The van der Waals surface area contributed by atoms with Gasteiger partial charge in [-0.1, -0.05) is 27.7 Å². The number of carbonyl (C=O) groups excluding carboxylic acids is 2. The Morgan fingerprint density at radius 2 is 1.04 bits per heavy atom. The summed E-state index contributed by atoms with van der Waals surface area (Å²) in [6.45, 7) is 12.1. The van der Waals surface area contributed by atoms with Crippen LogP contribution in [0.5, 0.6) is 0 Å². The van der Waals surface area contributed by atoms with Crippen LogP contribution in [0.2, 0.25) is 0 Å². The van der Waals surface area contributed by atoms with Crippen molar-refractivity contribution in [2.45, 2.75) is 52.6 Å². The minimum Gasteiger partial charge on any atom is -0.378 e. The van der Waals surface area contributed by atoms with E-state index in [-0.39, 0.29) is 35.7 Å². The molecule has 1 aliphatic heterocycles. The second kappa shape index (κ2) is 13.1. The quantitative estimate of drug-likeness (QED) is 0.593. The molecule has 0 bridgehead atoms. The maximum Gasteiger partial charge on any atom is 0.281 e. The predicted octanol–water partition coefficient (Wildman–Crippen LogP) is -0.996. The van der Waals surface area contributed by atoms with E-state index < -0.39 is 0 Å². The molecule has 1 rings (SSSR count). The molecule has 8 nitrogen and oxygen atoms in total. The molecule has 4 atom stereocenters. The van der Waals surface area contributed by atoms with E-state index in [1.165, 1.54) is 0 Å². The molecule has 0 aromatic rings. The number of ether oxygens (including phenoxy) is 2. The Morgan fingerprint density at radius 3 is 1.29 bits per heavy atom. The SMILES string of the molecule is CC[C@H](C)[C@@H]([NH3+])C(=O)N1CCOCCN(C(=O)[C@H]([NH3+])[C@@H](C)CC)CCOCC1. The van der Waals surface area contributed by atoms with Crippen LogP contribution in [0.1, 0.15) is 40.5 Å². The maximum atomic E-state index is 12.7. The van der Waals surface area contributed by atoms with Gasteiger partial charge in [0.05, 0.1) is 26.4 Å². The molecule has 8 heteroatoms. The van der Waals surface area contributed by atoms with E-state index in [0.29, 0.717) is 52.6 Å². The molecule has 2 amide bonds. The second-order valence-corrected chi connectivity index (χ2v) is 7.86. The second-order valence-electron chi connectivity index (χ2n) is 7.86. The molecule has 28 heavy (non-hydrogen) atoms. The molecule has 1 fully saturated rings. The zero-order valence-electron chi connectivity index (χ0n) is 18.3. The zero-order chi connectivity index (χ0) is 21.1. The summed E-state index contributed by atoms with van der Waals surface area (Å²) >= 11 is 0. The minimum absolute atomic E-state index is 0.0591. The van der Waals surface area contributed by atoms with Crippen molar-refractivity contribution in [2.24, 2.45) is 11.8 Å². The van der Waals surface area contributed by atoms with Gasteiger partial charge >= 0.3 is 0 Å². The van der Waals surface area contributed by atoms with Gasteiger partial charge in [-0.3, -0.25) is 9.59 Å². The molecule has 0 radical (unpaired) electrons. The third-order valence-electron chi connectivity index (χ3n) is 5.94. The van der Waals surface area contributed by atoms with Crippen LogP contribution < -0.4 is 11.5 Å². The van der Waals surface area contributed by atoms with Crippen LogP contribution in [0, 0.1) is 11.8 Å². The summed E-state index contributed by atoms with van der Waals surface area (Å²) in [7, 11) is 0. The fraction of sp³-hybridized carbons (Fsp3) is 0.900. The lowest BCUT2D eigenvalue weighted by atomic mass is 9.99. The van der Waals surface area contributed by atoms with Crippen LogP contribution in [-0.2, 0) is 19.1 Å². The molecule has 1 saturated heterocycles. The summed E-state index contributed by atoms with van der Waals surface area (Å²) in [5.41, 5.74) is 8.11. The van der Waals surface area contributed by atoms with Crippen molar-refractivity contribution in [3.63, 3.8) is 0 Å². The van der Waals surface area contributed by atoms with Gasteiger partial charge in [-0.15, -0.1) is 0 Å². The molecule has 0 spiro atoms. The first-order valence-corrected chi connectivity index (χ1v) is 10.7. The third kappa shape index (κ3) is 7.66. The number of nitrogens with zero attached hydrogens (tertiary/aromatic N) is 2. The Hall–Kier alpha value is -1.22. The minimum atomic E-state index is -0.249. The number of hydrogen-bond acceptors (Lipinski definition) is 4. The van der Waals surface area contributed by atoms with Gasteiger partial charge in [0.1, 0.15) is 0 Å². The van der Waals surface area contributed by atoms with Gasteiger partial charge in [-0.25, -0.2) is 0 Å². The first kappa shape index (κ1) is 24.8. The Morgan fingerprint density at radius 1 is 0.750 bits per heavy atom. The van der Waals surface area contributed by atoms with Gasteiger partial charge in [0.25, 0.3) is 11.8 Å². The van der Waals surface area contributed by atoms with Crippen LogP contribution in [0.25, 0.3) is 0 Å². The highest BCUT2D eigenvalue weighted by molar-refractivity contribution is 5.81. The van der Waals surface area contributed by atoms with Crippen LogP contribution in [0.4, 0.5) is 0 Å². The molecule has 0 aliphatic carbocycles. The van der Waals surface area contributed by atoms with Gasteiger partial charge in [-0.05, 0) is 12.8 Å². The highest BCUT2D eigenvalue weighted by atomic mass is 16.5. The number of rotatable bonds is 6. The van der Waals surface area contributed by atoms with Crippen molar-refractivity contribution in [1.29, 1.82) is 0 Å². The molecule has 6 N–H and O–H groups in total. The molecule has 0 aromatic heterocycles. The summed E-state index contributed by atoms with van der Waals surface area (Å²) in [5, 5.41) is 0. The molecule has 1 heterocycles. The van der Waals surface area contributed by atoms with Crippen molar-refractivity contribution in [3.8, 4) is 0 Å². The van der Waals surface area contributed by atoms with Crippen LogP contribution >= 0.6 is 0 Å². The average molecular weight is 403 g/mol. The van der Waals surface area contributed by atoms with Gasteiger partial charge < -0.3 is 30.7 Å². The van der Waals surface area contributed by atoms with E-state index in [4.69, 9.17) is 9.47 Å². The van der Waals surface area contributed by atoms with Crippen molar-refractivity contribution in [3.05, 3.63) is 0 Å². The molecule has 0 aromatic carbocycles. The van der Waals surface area contributed by atoms with Gasteiger partial charge in [0.15, 0.2) is 12.1 Å². The molecule has 164 valence electrons. The van der Waals surface area contributed by atoms with E-state index in [1.807, 2.05) is 0 Å². The number of quaternary nitrogens is 2. The van der Waals surface area contributed by atoms with Crippen LogP contribution in [-0.4, -0.2) is 86.3 Å². The summed E-state index contributed by atoms with van der Waals surface area (Å²) in [6, 6.07) is -0.499. The highest BCUT2D eigenvalue weighted by Crippen LogP contribution is 2.09. The topological polar surface area (TPSA) is 114 Å². The average Bonchev–Trinajstić information content (AvgIpc) is 2.70. The summed E-state index contributed by atoms with van der Waals surface area (Å²) < 4.78 is 11.5. The van der Waals surface area contributed by atoms with Crippen LogP contribution in [0.15, 0.2) is 0 Å². The summed E-state index contributed by atoms with van der Waals surface area (Å²) in [4.78, 5) is 29.0. The highest BCUT2D eigenvalue weighted by Gasteiger charge is 2.30. The zero-order valence-corrected chi connectivity index (χ0v) is 18.3. The number of carbonyl (C=O) groups is 2. The van der Waals surface area contributed by atoms with Crippen molar-refractivity contribution in [2.75, 3.05) is 52.6 Å². The van der Waals surface area contributed by atoms with Crippen molar-refractivity contribution >= 4 is 11.8 Å². The Balaban J connectivity index is 2.61. The standard InChI is InChI=1S/C20H40N4O4/c1-5-15(3)17(21)19(25)23-7-11-27-13-9-24(10-14-28-12-8-23)20(26)18(22)16(4)6-2/h15-18H,5-14,21-22H2,1-4H3/p+2/t15-,16-,17+,18+/m0/s1. The maximum absolute atomic E-state index is 12.7. The smallest absolute Gasteiger partial charge is 0.281 e. The molecular formula is C20H42N4O4+2. The molecular weight excluding hydrogens is 360 g/mol. The first-order chi connectivity index (χ1) is 13.3. The van der Waals surface area contributed by atoms with Crippen molar-refractivity contribution in [1.82, 2.24) is 9.80 Å². The van der Waals surface area contributed by atoms with E-state index in [0.717, 1.165) is 12.8 Å². The third-order valence-corrected chi connectivity index (χ3v) is 5.94.